The van der Waals surface area contributed by atoms with Crippen molar-refractivity contribution in [2.45, 2.75) is 31.2 Å². The first-order valence-corrected chi connectivity index (χ1v) is 7.14. The number of hydrogen-bond donors (Lipinski definition) is 0. The third kappa shape index (κ3) is 2.77. The summed E-state index contributed by atoms with van der Waals surface area (Å²) in [6.45, 7) is 0. The molecule has 1 aromatic heterocycles. The minimum Gasteiger partial charge on any atom is -0.376 e. The zero-order valence-corrected chi connectivity index (χ0v) is 10.9. The highest BCUT2D eigenvalue weighted by molar-refractivity contribution is 7.88. The van der Waals surface area contributed by atoms with Crippen LogP contribution in [-0.2, 0) is 23.0 Å². The third-order valence-electron chi connectivity index (χ3n) is 2.88. The topological polar surface area (TPSA) is 73.3 Å². The maximum Gasteiger partial charge on any atom is 0.534 e. The molecule has 110 valence electrons. The van der Waals surface area contributed by atoms with Gasteiger partial charge in [0, 0.05) is 17.3 Å². The summed E-state index contributed by atoms with van der Waals surface area (Å²) in [4.78, 5) is 14.7. The van der Waals surface area contributed by atoms with E-state index < -0.39 is 21.4 Å². The first-order valence-electron chi connectivity index (χ1n) is 5.73. The van der Waals surface area contributed by atoms with Gasteiger partial charge in [0.1, 0.15) is 11.4 Å². The van der Waals surface area contributed by atoms with Gasteiger partial charge in [0.25, 0.3) is 0 Å². The van der Waals surface area contributed by atoms with Gasteiger partial charge in [-0.1, -0.05) is 0 Å². The van der Waals surface area contributed by atoms with Crippen LogP contribution in [0.25, 0.3) is 0 Å². The average molecular weight is 309 g/mol. The predicted octanol–water partition coefficient (Wildman–Crippen LogP) is 2.00. The summed E-state index contributed by atoms with van der Waals surface area (Å²) in [5.74, 6) is -0.464. The number of pyridine rings is 1. The van der Waals surface area contributed by atoms with E-state index >= 15 is 0 Å². The number of fused-ring (bicyclic) bond motifs is 1. The fraction of sp³-hybridized carbons (Fsp3) is 0.455. The van der Waals surface area contributed by atoms with Gasteiger partial charge in [-0.25, -0.2) is 4.98 Å². The zero-order chi connectivity index (χ0) is 15.0. The molecule has 0 saturated heterocycles. The van der Waals surface area contributed by atoms with E-state index in [2.05, 4.69) is 9.17 Å². The van der Waals surface area contributed by atoms with E-state index in [1.807, 2.05) is 0 Å². The number of hydrogen-bond acceptors (Lipinski definition) is 5. The molecule has 20 heavy (non-hydrogen) atoms. The van der Waals surface area contributed by atoms with Crippen LogP contribution in [-0.4, -0.2) is 25.2 Å². The molecule has 0 aliphatic heterocycles. The lowest BCUT2D eigenvalue weighted by Gasteiger charge is -2.19. The number of carbonyl (C=O) groups excluding carboxylic acids is 1. The lowest BCUT2D eigenvalue weighted by atomic mass is 9.95. The smallest absolute Gasteiger partial charge is 0.376 e. The van der Waals surface area contributed by atoms with Gasteiger partial charge < -0.3 is 4.18 Å². The van der Waals surface area contributed by atoms with Crippen molar-refractivity contribution < 1.29 is 30.6 Å². The van der Waals surface area contributed by atoms with E-state index in [0.717, 1.165) is 12.5 Å². The van der Waals surface area contributed by atoms with Gasteiger partial charge in [0.2, 0.25) is 0 Å². The van der Waals surface area contributed by atoms with Gasteiger partial charge in [-0.05, 0) is 25.7 Å². The Morgan fingerprint density at radius 3 is 2.50 bits per heavy atom. The molecule has 1 aliphatic rings. The second-order valence-electron chi connectivity index (χ2n) is 4.28. The van der Waals surface area contributed by atoms with Gasteiger partial charge in [0.15, 0.2) is 6.29 Å². The zero-order valence-electron chi connectivity index (χ0n) is 10.1. The molecule has 1 heterocycles. The van der Waals surface area contributed by atoms with Crippen molar-refractivity contribution in [1.29, 1.82) is 0 Å². The van der Waals surface area contributed by atoms with E-state index in [9.17, 15) is 26.4 Å². The van der Waals surface area contributed by atoms with Crippen molar-refractivity contribution in [3.63, 3.8) is 0 Å². The van der Waals surface area contributed by atoms with Crippen molar-refractivity contribution >= 4 is 16.4 Å². The first-order chi connectivity index (χ1) is 9.24. The number of nitrogens with zero attached hydrogens (tertiary/aromatic N) is 1. The first kappa shape index (κ1) is 14.8. The fourth-order valence-corrected chi connectivity index (χ4v) is 2.47. The van der Waals surface area contributed by atoms with Crippen molar-refractivity contribution in [3.8, 4) is 5.75 Å². The number of aldehydes is 1. The van der Waals surface area contributed by atoms with E-state index in [1.54, 1.807) is 0 Å². The molecule has 0 saturated carbocycles. The Hall–Kier alpha value is -1.64. The summed E-state index contributed by atoms with van der Waals surface area (Å²) < 4.78 is 63.3. The minimum atomic E-state index is -5.75. The highest BCUT2D eigenvalue weighted by atomic mass is 32.2. The summed E-state index contributed by atoms with van der Waals surface area (Å²) >= 11 is 0. The molecule has 0 aromatic carbocycles. The van der Waals surface area contributed by atoms with Crippen molar-refractivity contribution in [1.82, 2.24) is 4.98 Å². The summed E-state index contributed by atoms with van der Waals surface area (Å²) in [7, 11) is -5.75. The molecule has 0 atom stereocenters. The molecule has 0 amide bonds. The van der Waals surface area contributed by atoms with Crippen LogP contribution in [0, 0.1) is 0 Å². The van der Waals surface area contributed by atoms with Crippen LogP contribution in [0.2, 0.25) is 0 Å². The van der Waals surface area contributed by atoms with Crippen LogP contribution < -0.4 is 4.18 Å². The Bertz CT molecular complexity index is 640. The number of rotatable bonds is 3. The normalized spacial score (nSPS) is 15.6. The Labute approximate surface area is 112 Å². The molecule has 1 aliphatic carbocycles. The quantitative estimate of drug-likeness (QED) is 0.485. The van der Waals surface area contributed by atoms with E-state index in [-0.39, 0.29) is 5.69 Å². The average Bonchev–Trinajstić information content (AvgIpc) is 2.36. The largest absolute Gasteiger partial charge is 0.534 e. The van der Waals surface area contributed by atoms with Gasteiger partial charge in [-0.2, -0.15) is 21.6 Å². The second-order valence-corrected chi connectivity index (χ2v) is 5.82. The summed E-state index contributed by atoms with van der Waals surface area (Å²) in [5.41, 5.74) is -4.94. The highest BCUT2D eigenvalue weighted by Gasteiger charge is 2.49. The predicted molar refractivity (Wildman–Crippen MR) is 61.9 cm³/mol. The lowest BCUT2D eigenvalue weighted by molar-refractivity contribution is -0.0500. The van der Waals surface area contributed by atoms with Gasteiger partial charge in [-0.3, -0.25) is 4.79 Å². The van der Waals surface area contributed by atoms with E-state index in [4.69, 9.17) is 0 Å². The number of aromatic nitrogens is 1. The molecule has 1 aromatic rings. The Morgan fingerprint density at radius 1 is 1.25 bits per heavy atom. The van der Waals surface area contributed by atoms with Crippen molar-refractivity contribution in [2.24, 2.45) is 0 Å². The van der Waals surface area contributed by atoms with E-state index in [0.29, 0.717) is 36.8 Å². The molecule has 5 nitrogen and oxygen atoms in total. The van der Waals surface area contributed by atoms with Crippen LogP contribution in [0.3, 0.4) is 0 Å². The molecular weight excluding hydrogens is 299 g/mol. The minimum absolute atomic E-state index is 0.155. The molecule has 2 rings (SSSR count). The number of aryl methyl sites for hydroxylation is 1. The molecule has 0 fully saturated rings. The molecule has 9 heteroatoms. The third-order valence-corrected chi connectivity index (χ3v) is 3.85. The molecule has 0 N–H and O–H groups in total. The summed E-state index contributed by atoms with van der Waals surface area (Å²) in [5, 5.41) is 0. The highest BCUT2D eigenvalue weighted by Crippen LogP contribution is 2.33. The summed E-state index contributed by atoms with van der Waals surface area (Å²) in [6.07, 6.45) is 2.64. The van der Waals surface area contributed by atoms with Crippen molar-refractivity contribution in [2.75, 3.05) is 0 Å². The maximum atomic E-state index is 12.3. The Balaban J connectivity index is 2.48. The van der Waals surface area contributed by atoms with Crippen LogP contribution in [0.15, 0.2) is 6.07 Å². The van der Waals surface area contributed by atoms with Crippen LogP contribution in [0.5, 0.6) is 5.75 Å². The van der Waals surface area contributed by atoms with Gasteiger partial charge in [-0.15, -0.1) is 0 Å². The number of carbonyl (C=O) groups is 1. The van der Waals surface area contributed by atoms with Crippen LogP contribution in [0.1, 0.15) is 34.6 Å². The summed E-state index contributed by atoms with van der Waals surface area (Å²) in [6, 6.07) is 0.917. The van der Waals surface area contributed by atoms with Gasteiger partial charge in [0.05, 0.1) is 0 Å². The monoisotopic (exact) mass is 309 g/mol. The Morgan fingerprint density at radius 2 is 1.90 bits per heavy atom. The second kappa shape index (κ2) is 5.04. The Kier molecular flexibility index (Phi) is 3.72. The number of halogens is 3. The van der Waals surface area contributed by atoms with Crippen LogP contribution in [0.4, 0.5) is 13.2 Å². The van der Waals surface area contributed by atoms with Gasteiger partial charge >= 0.3 is 15.6 Å². The number of alkyl halides is 3. The van der Waals surface area contributed by atoms with Crippen molar-refractivity contribution in [3.05, 3.63) is 23.0 Å². The lowest BCUT2D eigenvalue weighted by Crippen LogP contribution is -2.28. The standard InChI is InChI=1S/C11H10F3NO4S/c12-11(13,14)20(17,18)19-10-5-7(6-16)15-9-4-2-1-3-8(9)10/h5-6H,1-4H2. The van der Waals surface area contributed by atoms with Crippen LogP contribution >= 0.6 is 0 Å². The SMILES string of the molecule is O=Cc1cc(OS(=O)(=O)C(F)(F)F)c2c(n1)CCCC2. The fourth-order valence-electron chi connectivity index (χ4n) is 1.99. The molecular formula is C11H10F3NO4S. The molecule has 0 bridgehead atoms. The molecule has 0 radical (unpaired) electrons. The molecule has 0 unspecified atom stereocenters. The molecule has 0 spiro atoms. The maximum absolute atomic E-state index is 12.3. The van der Waals surface area contributed by atoms with E-state index in [1.165, 1.54) is 0 Å².